The van der Waals surface area contributed by atoms with E-state index in [1.807, 2.05) is 32.0 Å². The van der Waals surface area contributed by atoms with E-state index in [4.69, 9.17) is 4.52 Å². The van der Waals surface area contributed by atoms with Crippen LogP contribution in [0.1, 0.15) is 37.0 Å². The average molecular weight is 423 g/mol. The summed E-state index contributed by atoms with van der Waals surface area (Å²) in [5.41, 5.74) is 1.69. The standard InChI is InChI=1S/C18H23BrN4O3/c1-4-15-21-17(26-22-15)6-5-7-18(25)23(3)11-16(24)20-14-9-8-13(19)10-12(14)2/h8-10H,4-7,11H2,1-3H3,(H,20,24). The third kappa shape index (κ3) is 5.94. The van der Waals surface area contributed by atoms with Crippen molar-refractivity contribution in [2.75, 3.05) is 18.9 Å². The maximum absolute atomic E-state index is 12.2. The van der Waals surface area contributed by atoms with Gasteiger partial charge in [-0.05, 0) is 37.1 Å². The zero-order valence-corrected chi connectivity index (χ0v) is 16.8. The number of aryl methyl sites for hydroxylation is 3. The van der Waals surface area contributed by atoms with E-state index in [0.29, 0.717) is 31.0 Å². The normalized spacial score (nSPS) is 10.6. The number of anilines is 1. The minimum absolute atomic E-state index is 0.00881. The first-order valence-corrected chi connectivity index (χ1v) is 9.29. The van der Waals surface area contributed by atoms with E-state index < -0.39 is 0 Å². The van der Waals surface area contributed by atoms with E-state index in [0.717, 1.165) is 22.1 Å². The van der Waals surface area contributed by atoms with Crippen molar-refractivity contribution in [1.29, 1.82) is 0 Å². The summed E-state index contributed by atoms with van der Waals surface area (Å²) in [6.07, 6.45) is 2.20. The molecule has 0 aliphatic heterocycles. The van der Waals surface area contributed by atoms with Crippen molar-refractivity contribution in [3.8, 4) is 0 Å². The topological polar surface area (TPSA) is 88.3 Å². The van der Waals surface area contributed by atoms with Crippen LogP contribution in [-0.2, 0) is 22.4 Å². The van der Waals surface area contributed by atoms with Gasteiger partial charge in [-0.1, -0.05) is 28.0 Å². The molecule has 0 fully saturated rings. The van der Waals surface area contributed by atoms with Gasteiger partial charge < -0.3 is 14.7 Å². The van der Waals surface area contributed by atoms with E-state index in [-0.39, 0.29) is 18.4 Å². The van der Waals surface area contributed by atoms with Crippen LogP contribution in [0.4, 0.5) is 5.69 Å². The predicted molar refractivity (Wildman–Crippen MR) is 102 cm³/mol. The van der Waals surface area contributed by atoms with Crippen LogP contribution in [0.2, 0.25) is 0 Å². The highest BCUT2D eigenvalue weighted by Crippen LogP contribution is 2.19. The summed E-state index contributed by atoms with van der Waals surface area (Å²) in [5.74, 6) is 0.891. The van der Waals surface area contributed by atoms with Crippen LogP contribution in [0.3, 0.4) is 0 Å². The fraction of sp³-hybridized carbons (Fsp3) is 0.444. The quantitative estimate of drug-likeness (QED) is 0.705. The predicted octanol–water partition coefficient (Wildman–Crippen LogP) is 3.12. The van der Waals surface area contributed by atoms with Crippen molar-refractivity contribution >= 4 is 33.4 Å². The second-order valence-electron chi connectivity index (χ2n) is 6.07. The Labute approximate surface area is 161 Å². The molecule has 8 heteroatoms. The van der Waals surface area contributed by atoms with Gasteiger partial charge in [0.05, 0.1) is 6.54 Å². The molecule has 7 nitrogen and oxygen atoms in total. The molecule has 26 heavy (non-hydrogen) atoms. The minimum atomic E-state index is -0.226. The van der Waals surface area contributed by atoms with Crippen LogP contribution in [0.25, 0.3) is 0 Å². The largest absolute Gasteiger partial charge is 0.339 e. The Morgan fingerprint density at radius 2 is 2.12 bits per heavy atom. The summed E-state index contributed by atoms with van der Waals surface area (Å²) in [4.78, 5) is 29.9. The zero-order chi connectivity index (χ0) is 19.1. The number of carbonyl (C=O) groups is 2. The van der Waals surface area contributed by atoms with Gasteiger partial charge in [-0.15, -0.1) is 0 Å². The molecule has 2 rings (SSSR count). The SMILES string of the molecule is CCc1noc(CCCC(=O)N(C)CC(=O)Nc2ccc(Br)cc2C)n1. The summed E-state index contributed by atoms with van der Waals surface area (Å²) in [6.45, 7) is 3.87. The van der Waals surface area contributed by atoms with E-state index in [1.54, 1.807) is 7.05 Å². The second-order valence-corrected chi connectivity index (χ2v) is 6.98. The van der Waals surface area contributed by atoms with Crippen LogP contribution in [-0.4, -0.2) is 40.4 Å². The van der Waals surface area contributed by atoms with E-state index >= 15 is 0 Å². The molecule has 0 atom stereocenters. The molecule has 0 aliphatic carbocycles. The molecular weight excluding hydrogens is 400 g/mol. The van der Waals surface area contributed by atoms with Crippen LogP contribution >= 0.6 is 15.9 Å². The van der Waals surface area contributed by atoms with Crippen molar-refractivity contribution in [2.24, 2.45) is 0 Å². The Kier molecular flexibility index (Phi) is 7.32. The number of benzene rings is 1. The molecule has 0 saturated carbocycles. The van der Waals surface area contributed by atoms with Crippen LogP contribution in [0.5, 0.6) is 0 Å². The molecule has 0 aliphatic rings. The number of halogens is 1. The van der Waals surface area contributed by atoms with Gasteiger partial charge in [0.1, 0.15) is 0 Å². The number of likely N-dealkylation sites (N-methyl/N-ethyl adjacent to an activating group) is 1. The van der Waals surface area contributed by atoms with E-state index in [2.05, 4.69) is 31.4 Å². The van der Waals surface area contributed by atoms with Gasteiger partial charge >= 0.3 is 0 Å². The number of rotatable bonds is 8. The lowest BCUT2D eigenvalue weighted by Crippen LogP contribution is -2.34. The van der Waals surface area contributed by atoms with Gasteiger partial charge in [0.15, 0.2) is 5.82 Å². The Balaban J connectivity index is 1.75. The molecule has 1 heterocycles. The van der Waals surface area contributed by atoms with Gasteiger partial charge in [-0.25, -0.2) is 0 Å². The number of carbonyl (C=O) groups excluding carboxylic acids is 2. The average Bonchev–Trinajstić information content (AvgIpc) is 3.05. The van der Waals surface area contributed by atoms with Gasteiger partial charge in [0.25, 0.3) is 0 Å². The van der Waals surface area contributed by atoms with Crippen LogP contribution in [0, 0.1) is 6.92 Å². The minimum Gasteiger partial charge on any atom is -0.339 e. The highest BCUT2D eigenvalue weighted by atomic mass is 79.9. The third-order valence-electron chi connectivity index (χ3n) is 3.88. The molecule has 140 valence electrons. The molecule has 0 unspecified atom stereocenters. The van der Waals surface area contributed by atoms with Gasteiger partial charge in [0.2, 0.25) is 17.7 Å². The summed E-state index contributed by atoms with van der Waals surface area (Å²) >= 11 is 3.39. The third-order valence-corrected chi connectivity index (χ3v) is 4.37. The molecule has 2 amide bonds. The second kappa shape index (κ2) is 9.47. The zero-order valence-electron chi connectivity index (χ0n) is 15.2. The molecule has 1 aromatic heterocycles. The lowest BCUT2D eigenvalue weighted by atomic mass is 10.2. The first kappa shape index (κ1) is 20.1. The van der Waals surface area contributed by atoms with E-state index in [1.165, 1.54) is 4.90 Å². The van der Waals surface area contributed by atoms with Gasteiger partial charge in [0, 0.05) is 36.5 Å². The van der Waals surface area contributed by atoms with Crippen molar-refractivity contribution < 1.29 is 14.1 Å². The van der Waals surface area contributed by atoms with Crippen molar-refractivity contribution in [1.82, 2.24) is 15.0 Å². The lowest BCUT2D eigenvalue weighted by Gasteiger charge is -2.17. The van der Waals surface area contributed by atoms with Crippen molar-refractivity contribution in [3.63, 3.8) is 0 Å². The monoisotopic (exact) mass is 422 g/mol. The number of amides is 2. The Morgan fingerprint density at radius 1 is 1.35 bits per heavy atom. The fourth-order valence-corrected chi connectivity index (χ4v) is 2.85. The molecular formula is C18H23BrN4O3. The number of hydrogen-bond donors (Lipinski definition) is 1. The summed E-state index contributed by atoms with van der Waals surface area (Å²) < 4.78 is 6.05. The van der Waals surface area contributed by atoms with Gasteiger partial charge in [-0.2, -0.15) is 4.98 Å². The molecule has 0 spiro atoms. The molecule has 0 bridgehead atoms. The van der Waals surface area contributed by atoms with E-state index in [9.17, 15) is 9.59 Å². The van der Waals surface area contributed by atoms with Crippen LogP contribution in [0.15, 0.2) is 27.2 Å². The lowest BCUT2D eigenvalue weighted by molar-refractivity contribution is -0.133. The molecule has 2 aromatic rings. The van der Waals surface area contributed by atoms with Crippen molar-refractivity contribution in [3.05, 3.63) is 40.0 Å². The smallest absolute Gasteiger partial charge is 0.243 e. The number of nitrogens with zero attached hydrogens (tertiary/aromatic N) is 3. The summed E-state index contributed by atoms with van der Waals surface area (Å²) in [5, 5.41) is 6.65. The molecule has 0 saturated heterocycles. The highest BCUT2D eigenvalue weighted by molar-refractivity contribution is 9.10. The first-order chi connectivity index (χ1) is 12.4. The molecule has 1 aromatic carbocycles. The maximum Gasteiger partial charge on any atom is 0.243 e. The molecule has 1 N–H and O–H groups in total. The van der Waals surface area contributed by atoms with Gasteiger partial charge in [-0.3, -0.25) is 9.59 Å². The fourth-order valence-electron chi connectivity index (χ4n) is 2.38. The van der Waals surface area contributed by atoms with Crippen LogP contribution < -0.4 is 5.32 Å². The number of hydrogen-bond acceptors (Lipinski definition) is 5. The Morgan fingerprint density at radius 3 is 2.77 bits per heavy atom. The number of nitrogens with one attached hydrogen (secondary N) is 1. The summed E-state index contributed by atoms with van der Waals surface area (Å²) in [6, 6.07) is 5.61. The highest BCUT2D eigenvalue weighted by Gasteiger charge is 2.14. The first-order valence-electron chi connectivity index (χ1n) is 8.50. The maximum atomic E-state index is 12.2. The summed E-state index contributed by atoms with van der Waals surface area (Å²) in [7, 11) is 1.62. The Bertz CT molecular complexity index is 776. The number of aromatic nitrogens is 2. The Hall–Kier alpha value is -2.22. The van der Waals surface area contributed by atoms with Crippen molar-refractivity contribution in [2.45, 2.75) is 39.5 Å². The molecule has 0 radical (unpaired) electrons.